The minimum absolute atomic E-state index is 0.0212. The van der Waals surface area contributed by atoms with E-state index in [4.69, 9.17) is 56.9 Å². The van der Waals surface area contributed by atoms with Crippen LogP contribution in [0.1, 0.15) is 63.7 Å². The van der Waals surface area contributed by atoms with Gasteiger partial charge in [0.05, 0.1) is 62.4 Å². The molecule has 440 valence electrons. The van der Waals surface area contributed by atoms with E-state index in [9.17, 15) is 19.2 Å². The number of nitrogens with zero attached hydrogens (tertiary/aromatic N) is 1. The van der Waals surface area contributed by atoms with E-state index in [1.807, 2.05) is 115 Å². The van der Waals surface area contributed by atoms with Crippen LogP contribution in [0.15, 0.2) is 242 Å². The van der Waals surface area contributed by atoms with E-state index < -0.39 is 85.8 Å². The van der Waals surface area contributed by atoms with Gasteiger partial charge in [0.25, 0.3) is 0 Å². The van der Waals surface area contributed by atoms with E-state index in [1.54, 1.807) is 92.0 Å². The molecule has 2 saturated heterocycles. The Morgan fingerprint density at radius 2 is 0.837 bits per heavy atom. The van der Waals surface area contributed by atoms with E-state index >= 15 is 0 Å². The monoisotopic (exact) mass is 1160 g/mol. The maximum Gasteiger partial charge on any atom is 0.365 e. The zero-order chi connectivity index (χ0) is 59.3. The summed E-state index contributed by atoms with van der Waals surface area (Å²) in [5, 5.41) is 4.44. The predicted octanol–water partition coefficient (Wildman–Crippen LogP) is 11.0. The van der Waals surface area contributed by atoms with Gasteiger partial charge in [-0.05, 0) is 82.9 Å². The number of carbonyl (C=O) groups is 4. The van der Waals surface area contributed by atoms with Crippen molar-refractivity contribution in [1.29, 1.82) is 0 Å². The number of hydrogen-bond donors (Lipinski definition) is 0. The van der Waals surface area contributed by atoms with Crippen molar-refractivity contribution in [2.24, 2.45) is 5.16 Å². The lowest BCUT2D eigenvalue weighted by Crippen LogP contribution is -2.65. The zero-order valence-corrected chi connectivity index (χ0v) is 46.9. The first kappa shape index (κ1) is 60.0. The fraction of sp³-hybridized carbons (Fsp3) is 0.232. The van der Waals surface area contributed by atoms with Crippen molar-refractivity contribution >= 4 is 29.6 Å². The quantitative estimate of drug-likeness (QED) is 0.0227. The van der Waals surface area contributed by atoms with Crippen molar-refractivity contribution in [1.82, 2.24) is 0 Å². The molecule has 0 saturated carbocycles. The standard InChI is InChI=1S/C69H63NO16/c1-75-55-39-37-50(38-40-55)44-80-69-63(78-43-49-27-13-4-14-28-49)62(77-42-48-25-11-3-12-26-48)60(56(82-69)45-76-41-47-23-9-2-10-24-47)85-68-58(70-86-67(74)54-35-21-8-22-36-54)61(84-66(73)53-33-19-7-20-34-53)59(83-65(72)52-31-17-6-18-32-52)57(81-68)46-79-64(71)51-29-15-5-16-30-51/h2-40,56-57,59-63,68-69H,41-46H2,1H3/b70-58+/t56-,57-,59-,60-,61-,62+,63-,68+,69-/m1/s1. The molecule has 2 aliphatic heterocycles. The van der Waals surface area contributed by atoms with Crippen LogP contribution in [0.3, 0.4) is 0 Å². The molecule has 10 rings (SSSR count). The molecule has 17 heteroatoms. The van der Waals surface area contributed by atoms with Gasteiger partial charge in [0.15, 0.2) is 24.2 Å². The second kappa shape index (κ2) is 30.6. The van der Waals surface area contributed by atoms with Gasteiger partial charge in [0, 0.05) is 0 Å². The summed E-state index contributed by atoms with van der Waals surface area (Å²) in [6, 6.07) is 68.5. The molecule has 2 fully saturated rings. The van der Waals surface area contributed by atoms with Crippen LogP contribution in [-0.4, -0.2) is 105 Å². The number of oxime groups is 1. The second-order valence-corrected chi connectivity index (χ2v) is 20.0. The van der Waals surface area contributed by atoms with Gasteiger partial charge in [-0.15, -0.1) is 0 Å². The molecule has 86 heavy (non-hydrogen) atoms. The molecular formula is C69H63NO16. The number of ether oxygens (including phenoxy) is 11. The number of benzene rings is 8. The molecule has 0 bridgehead atoms. The summed E-state index contributed by atoms with van der Waals surface area (Å²) in [7, 11) is 1.59. The molecule has 8 aromatic carbocycles. The Bertz CT molecular complexity index is 3420. The van der Waals surface area contributed by atoms with Crippen LogP contribution in [0.2, 0.25) is 0 Å². The average molecular weight is 1160 g/mol. The lowest BCUT2D eigenvalue weighted by molar-refractivity contribution is -0.345. The van der Waals surface area contributed by atoms with Gasteiger partial charge in [-0.25, -0.2) is 19.2 Å². The molecule has 0 amide bonds. The number of methoxy groups -OCH3 is 1. The molecule has 0 N–H and O–H groups in total. The lowest BCUT2D eigenvalue weighted by Gasteiger charge is -2.48. The van der Waals surface area contributed by atoms with Gasteiger partial charge in [-0.1, -0.05) is 181 Å². The first-order valence-corrected chi connectivity index (χ1v) is 28.0. The second-order valence-electron chi connectivity index (χ2n) is 20.0. The number of carbonyl (C=O) groups excluding carboxylic acids is 4. The van der Waals surface area contributed by atoms with E-state index in [0.717, 1.165) is 22.3 Å². The molecular weight excluding hydrogens is 1100 g/mol. The molecule has 8 aromatic rings. The third-order valence-corrected chi connectivity index (χ3v) is 14.0. The Morgan fingerprint density at radius 3 is 1.36 bits per heavy atom. The Morgan fingerprint density at radius 1 is 0.407 bits per heavy atom. The fourth-order valence-electron chi connectivity index (χ4n) is 9.58. The molecule has 2 heterocycles. The summed E-state index contributed by atoms with van der Waals surface area (Å²) in [5.74, 6) is -2.77. The highest BCUT2D eigenvalue weighted by atomic mass is 16.8. The van der Waals surface area contributed by atoms with Crippen LogP contribution in [0.5, 0.6) is 5.75 Å². The first-order chi connectivity index (χ1) is 42.3. The van der Waals surface area contributed by atoms with Crippen LogP contribution < -0.4 is 4.74 Å². The molecule has 2 aliphatic rings. The predicted molar refractivity (Wildman–Crippen MR) is 313 cm³/mol. The smallest absolute Gasteiger partial charge is 0.365 e. The van der Waals surface area contributed by atoms with E-state index in [-0.39, 0.29) is 61.0 Å². The number of hydrogen-bond acceptors (Lipinski definition) is 17. The first-order valence-electron chi connectivity index (χ1n) is 28.0. The molecule has 0 aliphatic carbocycles. The minimum atomic E-state index is -1.83. The largest absolute Gasteiger partial charge is 0.497 e. The minimum Gasteiger partial charge on any atom is -0.497 e. The van der Waals surface area contributed by atoms with Crippen LogP contribution >= 0.6 is 0 Å². The molecule has 0 radical (unpaired) electrons. The van der Waals surface area contributed by atoms with Gasteiger partial charge in [0.2, 0.25) is 6.29 Å². The third-order valence-electron chi connectivity index (χ3n) is 14.0. The maximum absolute atomic E-state index is 14.6. The Kier molecular flexibility index (Phi) is 21.3. The topological polar surface area (TPSA) is 191 Å². The van der Waals surface area contributed by atoms with Crippen LogP contribution in [-0.2, 0) is 78.6 Å². The highest BCUT2D eigenvalue weighted by Crippen LogP contribution is 2.36. The van der Waals surface area contributed by atoms with Gasteiger partial charge in [-0.3, -0.25) is 0 Å². The summed E-state index contributed by atoms with van der Waals surface area (Å²) >= 11 is 0. The highest BCUT2D eigenvalue weighted by molar-refractivity contribution is 5.99. The van der Waals surface area contributed by atoms with Crippen molar-refractivity contribution in [2.75, 3.05) is 20.3 Å². The Hall–Kier alpha value is -9.17. The van der Waals surface area contributed by atoms with Gasteiger partial charge in [-0.2, -0.15) is 0 Å². The van der Waals surface area contributed by atoms with E-state index in [2.05, 4.69) is 5.16 Å². The van der Waals surface area contributed by atoms with Crippen LogP contribution in [0, 0.1) is 0 Å². The van der Waals surface area contributed by atoms with Gasteiger partial charge < -0.3 is 56.9 Å². The molecule has 0 unspecified atom stereocenters. The van der Waals surface area contributed by atoms with E-state index in [1.165, 1.54) is 36.4 Å². The Labute approximate surface area is 497 Å². The summed E-state index contributed by atoms with van der Waals surface area (Å²) in [4.78, 5) is 62.7. The molecule has 0 spiro atoms. The number of rotatable bonds is 25. The van der Waals surface area contributed by atoms with Crippen LogP contribution in [0.25, 0.3) is 0 Å². The molecule has 9 atom stereocenters. The number of esters is 3. The van der Waals surface area contributed by atoms with Crippen molar-refractivity contribution in [3.63, 3.8) is 0 Å². The summed E-state index contributed by atoms with van der Waals surface area (Å²) in [5.41, 5.74) is 3.44. The summed E-state index contributed by atoms with van der Waals surface area (Å²) in [6.07, 6.45) is -12.6. The average Bonchev–Trinajstić information content (AvgIpc) is 1.43. The third kappa shape index (κ3) is 16.4. The molecule has 0 aromatic heterocycles. The van der Waals surface area contributed by atoms with Crippen molar-refractivity contribution < 1.29 is 76.1 Å². The van der Waals surface area contributed by atoms with Gasteiger partial charge in [0.1, 0.15) is 42.9 Å². The molecule has 17 nitrogen and oxygen atoms in total. The normalized spacial score (nSPS) is 21.4. The lowest BCUT2D eigenvalue weighted by atomic mass is 9.96. The van der Waals surface area contributed by atoms with E-state index in [0.29, 0.717) is 5.75 Å². The van der Waals surface area contributed by atoms with Crippen molar-refractivity contribution in [2.45, 2.75) is 81.7 Å². The SMILES string of the molecule is COc1ccc(CO[C@@H]2O[C@H](COCc3ccccc3)[C@@H](O[C@@H]3O[C@H](COC(=O)c4ccccc4)[C@@H](OC(=O)c4ccccc4)[C@H](OC(=O)c4ccccc4)/C3=N\OC(=O)c3ccccc3)[C@H](OCc3ccccc3)[C@H]2OCc2ccccc2)cc1. The highest BCUT2D eigenvalue weighted by Gasteiger charge is 2.55. The summed E-state index contributed by atoms with van der Waals surface area (Å²) in [6.45, 7) is -0.468. The maximum atomic E-state index is 14.6. The van der Waals surface area contributed by atoms with Crippen molar-refractivity contribution in [3.8, 4) is 5.75 Å². The van der Waals surface area contributed by atoms with Gasteiger partial charge >= 0.3 is 23.9 Å². The van der Waals surface area contributed by atoms with Crippen LogP contribution in [0.4, 0.5) is 0 Å². The Balaban J connectivity index is 1.11. The zero-order valence-electron chi connectivity index (χ0n) is 46.9. The van der Waals surface area contributed by atoms with Crippen molar-refractivity contribution in [3.05, 3.63) is 281 Å². The summed E-state index contributed by atoms with van der Waals surface area (Å²) < 4.78 is 72.6. The fourth-order valence-corrected chi connectivity index (χ4v) is 9.58.